The second kappa shape index (κ2) is 10.8. The van der Waals surface area contributed by atoms with Gasteiger partial charge < -0.3 is 10.6 Å². The molecule has 1 atom stereocenters. The summed E-state index contributed by atoms with van der Waals surface area (Å²) in [6, 6.07) is 2.59. The summed E-state index contributed by atoms with van der Waals surface area (Å²) in [5.41, 5.74) is 1.47. The van der Waals surface area contributed by atoms with Crippen LogP contribution in [0.2, 0.25) is 0 Å². The van der Waals surface area contributed by atoms with Gasteiger partial charge in [0, 0.05) is 61.6 Å². The van der Waals surface area contributed by atoms with Crippen molar-refractivity contribution in [1.29, 1.82) is 0 Å². The number of hydrogen-bond acceptors (Lipinski definition) is 5. The Hall–Kier alpha value is 0.0200. The number of fused-ring (bicyclic) bond motifs is 1. The van der Waals surface area contributed by atoms with Gasteiger partial charge in [0.2, 0.25) is 5.91 Å². The first-order chi connectivity index (χ1) is 10.3. The number of thioether (sulfide) groups is 1. The Bertz CT molecular complexity index is 481. The van der Waals surface area contributed by atoms with Crippen LogP contribution in [0.1, 0.15) is 16.9 Å². The van der Waals surface area contributed by atoms with Crippen molar-refractivity contribution in [2.24, 2.45) is 0 Å². The summed E-state index contributed by atoms with van der Waals surface area (Å²) >= 11 is 3.81. The van der Waals surface area contributed by atoms with E-state index in [4.69, 9.17) is 0 Å². The van der Waals surface area contributed by atoms with Crippen molar-refractivity contribution < 1.29 is 4.79 Å². The second-order valence-corrected chi connectivity index (χ2v) is 7.83. The zero-order valence-corrected chi connectivity index (χ0v) is 16.4. The van der Waals surface area contributed by atoms with Gasteiger partial charge in [-0.15, -0.1) is 36.2 Å². The van der Waals surface area contributed by atoms with E-state index in [1.165, 1.54) is 10.4 Å². The highest BCUT2D eigenvalue weighted by atomic mass is 35.5. The van der Waals surface area contributed by atoms with Crippen molar-refractivity contribution in [3.63, 3.8) is 0 Å². The van der Waals surface area contributed by atoms with Crippen molar-refractivity contribution >= 4 is 53.8 Å². The maximum absolute atomic E-state index is 11.9. The number of thiophene rings is 1. The number of carbonyl (C=O) groups excluding carboxylic acids is 1. The minimum absolute atomic E-state index is 0. The maximum Gasteiger partial charge on any atom is 0.221 e. The maximum atomic E-state index is 11.9. The summed E-state index contributed by atoms with van der Waals surface area (Å²) in [7, 11) is 0. The number of carbonyl (C=O) groups is 1. The van der Waals surface area contributed by atoms with Crippen LogP contribution in [0.15, 0.2) is 11.4 Å². The van der Waals surface area contributed by atoms with Gasteiger partial charge in [-0.25, -0.2) is 0 Å². The van der Waals surface area contributed by atoms with E-state index in [-0.39, 0.29) is 30.7 Å². The van der Waals surface area contributed by atoms with Gasteiger partial charge in [0.05, 0.1) is 0 Å². The number of nitrogens with zero attached hydrogens (tertiary/aromatic N) is 1. The summed E-state index contributed by atoms with van der Waals surface area (Å²) in [6.45, 7) is 4.89. The molecule has 23 heavy (non-hydrogen) atoms. The van der Waals surface area contributed by atoms with Crippen molar-refractivity contribution in [3.05, 3.63) is 21.9 Å². The third-order valence-corrected chi connectivity index (χ3v) is 6.22. The number of nitrogens with one attached hydrogen (secondary N) is 2. The highest BCUT2D eigenvalue weighted by Crippen LogP contribution is 2.23. The average molecular weight is 398 g/mol. The molecule has 1 unspecified atom stereocenters. The van der Waals surface area contributed by atoms with Gasteiger partial charge in [0.1, 0.15) is 0 Å². The number of amides is 1. The first-order valence-electron chi connectivity index (χ1n) is 7.66. The molecule has 0 radical (unpaired) electrons. The first kappa shape index (κ1) is 21.1. The Labute approximate surface area is 159 Å². The van der Waals surface area contributed by atoms with Crippen molar-refractivity contribution in [2.75, 3.05) is 37.7 Å². The predicted molar refractivity (Wildman–Crippen MR) is 105 cm³/mol. The molecule has 3 rings (SSSR count). The first-order valence-corrected chi connectivity index (χ1v) is 9.70. The Morgan fingerprint density at radius 3 is 3.09 bits per heavy atom. The lowest BCUT2D eigenvalue weighted by atomic mass is 10.1. The zero-order chi connectivity index (χ0) is 14.5. The largest absolute Gasteiger partial charge is 0.355 e. The minimum Gasteiger partial charge on any atom is -0.355 e. The monoisotopic (exact) mass is 397 g/mol. The lowest BCUT2D eigenvalue weighted by molar-refractivity contribution is -0.121. The second-order valence-electron chi connectivity index (χ2n) is 5.68. The van der Waals surface area contributed by atoms with E-state index >= 15 is 0 Å². The van der Waals surface area contributed by atoms with Gasteiger partial charge in [0.15, 0.2) is 0 Å². The molecule has 2 aliphatic heterocycles. The van der Waals surface area contributed by atoms with Crippen LogP contribution in [0.25, 0.3) is 0 Å². The zero-order valence-electron chi connectivity index (χ0n) is 13.1. The summed E-state index contributed by atoms with van der Waals surface area (Å²) in [5, 5.41) is 8.66. The predicted octanol–water partition coefficient (Wildman–Crippen LogP) is 2.16. The van der Waals surface area contributed by atoms with E-state index in [0.717, 1.165) is 50.7 Å². The minimum atomic E-state index is 0. The third kappa shape index (κ3) is 6.44. The SMILES string of the molecule is Cl.Cl.O=C(CC1CSCCN1)NCCN1CCc2sccc2C1. The van der Waals surface area contributed by atoms with E-state index in [9.17, 15) is 4.79 Å². The molecule has 1 amide bonds. The van der Waals surface area contributed by atoms with Gasteiger partial charge >= 0.3 is 0 Å². The fraction of sp³-hybridized carbons (Fsp3) is 0.667. The molecule has 132 valence electrons. The van der Waals surface area contributed by atoms with E-state index in [1.807, 2.05) is 23.1 Å². The van der Waals surface area contributed by atoms with Crippen LogP contribution >= 0.6 is 47.9 Å². The van der Waals surface area contributed by atoms with E-state index in [1.54, 1.807) is 0 Å². The molecular weight excluding hydrogens is 373 g/mol. The Kier molecular flexibility index (Phi) is 9.89. The van der Waals surface area contributed by atoms with Gasteiger partial charge in [-0.3, -0.25) is 9.69 Å². The summed E-state index contributed by atoms with van der Waals surface area (Å²) < 4.78 is 0. The molecule has 0 saturated carbocycles. The molecule has 0 spiro atoms. The molecule has 0 bridgehead atoms. The Balaban J connectivity index is 0.00000132. The van der Waals surface area contributed by atoms with Crippen LogP contribution < -0.4 is 10.6 Å². The number of rotatable bonds is 5. The average Bonchev–Trinajstić information content (AvgIpc) is 2.96. The molecule has 1 aromatic heterocycles. The Morgan fingerprint density at radius 2 is 2.30 bits per heavy atom. The highest BCUT2D eigenvalue weighted by molar-refractivity contribution is 7.99. The van der Waals surface area contributed by atoms with Crippen LogP contribution in [0, 0.1) is 0 Å². The summed E-state index contributed by atoms with van der Waals surface area (Å²) in [6.07, 6.45) is 1.77. The highest BCUT2D eigenvalue weighted by Gasteiger charge is 2.18. The van der Waals surface area contributed by atoms with Crippen LogP contribution in [0.3, 0.4) is 0 Å². The molecule has 3 heterocycles. The van der Waals surface area contributed by atoms with Gasteiger partial charge in [-0.1, -0.05) is 0 Å². The van der Waals surface area contributed by atoms with E-state index in [0.29, 0.717) is 12.5 Å². The molecular formula is C15H25Cl2N3OS2. The molecule has 1 aromatic rings. The van der Waals surface area contributed by atoms with Crippen LogP contribution in [-0.4, -0.2) is 54.5 Å². The molecule has 2 aliphatic rings. The summed E-state index contributed by atoms with van der Waals surface area (Å²) in [4.78, 5) is 15.9. The molecule has 2 N–H and O–H groups in total. The fourth-order valence-electron chi connectivity index (χ4n) is 2.90. The molecule has 4 nitrogen and oxygen atoms in total. The van der Waals surface area contributed by atoms with Crippen LogP contribution in [0.5, 0.6) is 0 Å². The van der Waals surface area contributed by atoms with Crippen molar-refractivity contribution in [3.8, 4) is 0 Å². The van der Waals surface area contributed by atoms with Gasteiger partial charge in [-0.05, 0) is 23.4 Å². The topological polar surface area (TPSA) is 44.4 Å². The van der Waals surface area contributed by atoms with E-state index < -0.39 is 0 Å². The molecule has 0 aliphatic carbocycles. The van der Waals surface area contributed by atoms with Crippen molar-refractivity contribution in [1.82, 2.24) is 15.5 Å². The smallest absolute Gasteiger partial charge is 0.221 e. The molecule has 0 aromatic carbocycles. The molecule has 1 fully saturated rings. The normalized spacial score (nSPS) is 20.8. The third-order valence-electron chi connectivity index (χ3n) is 4.07. The van der Waals surface area contributed by atoms with Crippen molar-refractivity contribution in [2.45, 2.75) is 25.4 Å². The number of halogens is 2. The van der Waals surface area contributed by atoms with Crippen LogP contribution in [0.4, 0.5) is 0 Å². The molecule has 1 saturated heterocycles. The molecule has 8 heteroatoms. The van der Waals surface area contributed by atoms with Gasteiger partial charge in [-0.2, -0.15) is 11.8 Å². The Morgan fingerprint density at radius 1 is 1.43 bits per heavy atom. The lowest BCUT2D eigenvalue weighted by Crippen LogP contribution is -2.43. The van der Waals surface area contributed by atoms with E-state index in [2.05, 4.69) is 27.0 Å². The fourth-order valence-corrected chi connectivity index (χ4v) is 4.74. The standard InChI is InChI=1S/C15H23N3OS2.2ClH/c19-15(9-13-11-20-8-4-16-13)17-3-6-18-5-1-14-12(10-18)2-7-21-14;;/h2,7,13,16H,1,3-6,8-11H2,(H,17,19);2*1H. The number of hydrogen-bond donors (Lipinski definition) is 2. The quantitative estimate of drug-likeness (QED) is 0.798. The summed E-state index contributed by atoms with van der Waals surface area (Å²) in [5.74, 6) is 2.40. The lowest BCUT2D eigenvalue weighted by Gasteiger charge is -2.27. The van der Waals surface area contributed by atoms with Gasteiger partial charge in [0.25, 0.3) is 0 Å². The van der Waals surface area contributed by atoms with Crippen LogP contribution in [-0.2, 0) is 17.8 Å².